The highest BCUT2D eigenvalue weighted by molar-refractivity contribution is 6.04. The lowest BCUT2D eigenvalue weighted by Gasteiger charge is -2.11. The molecule has 0 spiro atoms. The van der Waals surface area contributed by atoms with Crippen LogP contribution < -0.4 is 25.8 Å². The van der Waals surface area contributed by atoms with Crippen LogP contribution >= 0.6 is 0 Å². The highest BCUT2D eigenvalue weighted by Gasteiger charge is 2.31. The number of methoxy groups -OCH3 is 1. The number of nitrogen functional groups attached to an aromatic ring is 1. The van der Waals surface area contributed by atoms with E-state index in [1.807, 2.05) is 6.07 Å². The van der Waals surface area contributed by atoms with E-state index in [9.17, 15) is 18.0 Å². The summed E-state index contributed by atoms with van der Waals surface area (Å²) in [6.07, 6.45) is -4.78. The first kappa shape index (κ1) is 21.8. The van der Waals surface area contributed by atoms with Crippen LogP contribution in [0.5, 0.6) is 11.5 Å². The van der Waals surface area contributed by atoms with Crippen LogP contribution in [0.15, 0.2) is 65.2 Å². The summed E-state index contributed by atoms with van der Waals surface area (Å²) in [5.41, 5.74) is 8.81. The Kier molecular flexibility index (Phi) is 5.69. The van der Waals surface area contributed by atoms with Crippen molar-refractivity contribution in [1.29, 1.82) is 0 Å². The largest absolute Gasteiger partial charge is 0.573 e. The molecule has 11 heteroatoms. The number of amides is 2. The number of halogens is 3. The highest BCUT2D eigenvalue weighted by Crippen LogP contribution is 2.37. The van der Waals surface area contributed by atoms with Gasteiger partial charge in [0, 0.05) is 11.4 Å². The first-order valence-electron chi connectivity index (χ1n) is 9.49. The number of nitrogens with two attached hydrogens (primary N) is 1. The third kappa shape index (κ3) is 4.92. The smallest absolute Gasteiger partial charge is 0.494 e. The minimum atomic E-state index is -4.78. The number of carbonyl (C=O) groups excluding carboxylic acids is 1. The minimum Gasteiger partial charge on any atom is -0.494 e. The molecule has 0 aliphatic carbocycles. The maximum atomic E-state index is 12.2. The molecule has 4 N–H and O–H groups in total. The Morgan fingerprint density at radius 2 is 1.58 bits per heavy atom. The predicted octanol–water partition coefficient (Wildman–Crippen LogP) is 5.63. The molecule has 1 heterocycles. The van der Waals surface area contributed by atoms with Gasteiger partial charge in [0.25, 0.3) is 0 Å². The number of hydrogen-bond acceptors (Lipinski definition) is 6. The summed E-state index contributed by atoms with van der Waals surface area (Å²) >= 11 is 0. The van der Waals surface area contributed by atoms with Crippen LogP contribution in [0.3, 0.4) is 0 Å². The number of ether oxygens (including phenoxy) is 2. The molecule has 0 saturated carbocycles. The number of benzene rings is 3. The number of urea groups is 1. The van der Waals surface area contributed by atoms with E-state index in [1.54, 1.807) is 30.3 Å². The van der Waals surface area contributed by atoms with Crippen LogP contribution in [-0.4, -0.2) is 24.7 Å². The third-order valence-electron chi connectivity index (χ3n) is 4.64. The summed E-state index contributed by atoms with van der Waals surface area (Å²) in [6, 6.07) is 14.8. The molecule has 0 fully saturated rings. The van der Waals surface area contributed by atoms with Crippen molar-refractivity contribution >= 4 is 34.2 Å². The summed E-state index contributed by atoms with van der Waals surface area (Å²) in [5, 5.41) is 9.73. The normalized spacial score (nSPS) is 11.3. The second-order valence-corrected chi connectivity index (χ2v) is 6.81. The van der Waals surface area contributed by atoms with Crippen LogP contribution in [0.2, 0.25) is 0 Å². The van der Waals surface area contributed by atoms with Crippen molar-refractivity contribution in [2.45, 2.75) is 6.36 Å². The number of carbonyl (C=O) groups is 1. The molecular formula is C22H17F3N4O4. The molecule has 0 atom stereocenters. The van der Waals surface area contributed by atoms with Crippen LogP contribution in [0, 0.1) is 0 Å². The molecule has 33 heavy (non-hydrogen) atoms. The first-order chi connectivity index (χ1) is 15.7. The number of aromatic nitrogens is 1. The molecule has 1 aromatic heterocycles. The van der Waals surface area contributed by atoms with Crippen molar-refractivity contribution in [3.05, 3.63) is 60.7 Å². The van der Waals surface area contributed by atoms with Gasteiger partial charge in [-0.2, -0.15) is 0 Å². The average Bonchev–Trinajstić information content (AvgIpc) is 3.16. The number of hydrogen-bond donors (Lipinski definition) is 3. The Hall–Kier alpha value is -4.41. The van der Waals surface area contributed by atoms with Gasteiger partial charge in [0.1, 0.15) is 11.5 Å². The molecule has 0 radical (unpaired) electrons. The Morgan fingerprint density at radius 3 is 2.15 bits per heavy atom. The third-order valence-corrected chi connectivity index (χ3v) is 4.64. The van der Waals surface area contributed by atoms with Gasteiger partial charge in [-0.25, -0.2) is 4.79 Å². The van der Waals surface area contributed by atoms with Crippen molar-refractivity contribution in [2.75, 3.05) is 23.5 Å². The van der Waals surface area contributed by atoms with Gasteiger partial charge in [0.15, 0.2) is 5.52 Å². The molecule has 4 aromatic rings. The van der Waals surface area contributed by atoms with Gasteiger partial charge < -0.3 is 30.4 Å². The number of rotatable bonds is 5. The van der Waals surface area contributed by atoms with Gasteiger partial charge in [0.05, 0.1) is 12.5 Å². The number of nitrogens with zero attached hydrogens (tertiary/aromatic N) is 1. The van der Waals surface area contributed by atoms with Crippen LogP contribution in [-0.2, 0) is 0 Å². The maximum Gasteiger partial charge on any atom is 0.573 e. The zero-order valence-electron chi connectivity index (χ0n) is 17.1. The highest BCUT2D eigenvalue weighted by atomic mass is 19.4. The van der Waals surface area contributed by atoms with Gasteiger partial charge in [-0.1, -0.05) is 17.3 Å². The second kappa shape index (κ2) is 8.61. The molecule has 0 unspecified atom stereocenters. The lowest BCUT2D eigenvalue weighted by Crippen LogP contribution is -2.19. The minimum absolute atomic E-state index is 0.159. The topological polar surface area (TPSA) is 112 Å². The second-order valence-electron chi connectivity index (χ2n) is 6.81. The monoisotopic (exact) mass is 458 g/mol. The van der Waals surface area contributed by atoms with Crippen molar-refractivity contribution in [2.24, 2.45) is 0 Å². The van der Waals surface area contributed by atoms with E-state index >= 15 is 0 Å². The number of nitrogens with one attached hydrogen (secondary N) is 2. The molecule has 8 nitrogen and oxygen atoms in total. The first-order valence-corrected chi connectivity index (χ1v) is 9.49. The molecular weight excluding hydrogens is 441 g/mol. The molecule has 0 saturated heterocycles. The summed E-state index contributed by atoms with van der Waals surface area (Å²) in [7, 11) is 1.52. The fourth-order valence-corrected chi connectivity index (χ4v) is 3.22. The van der Waals surface area contributed by atoms with E-state index < -0.39 is 12.4 Å². The quantitative estimate of drug-likeness (QED) is 0.358. The van der Waals surface area contributed by atoms with E-state index in [4.69, 9.17) is 15.0 Å². The van der Waals surface area contributed by atoms with Gasteiger partial charge in [0.2, 0.25) is 5.88 Å². The van der Waals surface area contributed by atoms with Crippen LogP contribution in [0.4, 0.5) is 35.2 Å². The van der Waals surface area contributed by atoms with Gasteiger partial charge >= 0.3 is 12.4 Å². The molecule has 0 aliphatic heterocycles. The molecule has 170 valence electrons. The number of alkyl halides is 3. The Balaban J connectivity index is 1.45. The Morgan fingerprint density at radius 1 is 0.970 bits per heavy atom. The molecule has 3 aromatic carbocycles. The van der Waals surface area contributed by atoms with Crippen molar-refractivity contribution in [3.8, 4) is 22.6 Å². The van der Waals surface area contributed by atoms with E-state index in [-0.39, 0.29) is 11.6 Å². The van der Waals surface area contributed by atoms with Gasteiger partial charge in [-0.05, 0) is 59.7 Å². The van der Waals surface area contributed by atoms with E-state index in [1.165, 1.54) is 19.2 Å². The fraction of sp³-hybridized carbons (Fsp3) is 0.0909. The SMILES string of the molecule is COc1ccc(-c2ccc(NC(=O)Nc3ccc(OC(F)(F)F)cc3)cc2)c2c(N)onc12. The van der Waals surface area contributed by atoms with Crippen molar-refractivity contribution in [3.63, 3.8) is 0 Å². The summed E-state index contributed by atoms with van der Waals surface area (Å²) in [4.78, 5) is 12.2. The van der Waals surface area contributed by atoms with E-state index in [0.29, 0.717) is 28.0 Å². The van der Waals surface area contributed by atoms with E-state index in [2.05, 4.69) is 20.5 Å². The lowest BCUT2D eigenvalue weighted by molar-refractivity contribution is -0.274. The molecule has 0 aliphatic rings. The van der Waals surface area contributed by atoms with Crippen molar-refractivity contribution < 1.29 is 32.0 Å². The summed E-state index contributed by atoms with van der Waals surface area (Å²) in [6.45, 7) is 0. The zero-order chi connectivity index (χ0) is 23.6. The van der Waals surface area contributed by atoms with Crippen LogP contribution in [0.1, 0.15) is 0 Å². The zero-order valence-corrected chi connectivity index (χ0v) is 17.1. The number of anilines is 3. The molecule has 4 rings (SSSR count). The van der Waals surface area contributed by atoms with Crippen LogP contribution in [0.25, 0.3) is 22.0 Å². The van der Waals surface area contributed by atoms with Gasteiger partial charge in [-0.15, -0.1) is 13.2 Å². The standard InChI is InChI=1S/C22H17F3N4O4/c1-31-17-11-10-16(18-19(17)29-33-20(18)26)12-2-4-13(5-3-12)27-21(30)28-14-6-8-15(9-7-14)32-22(23,24)25/h2-11H,26H2,1H3,(H2,27,28,30). The Bertz CT molecular complexity index is 1290. The summed E-state index contributed by atoms with van der Waals surface area (Å²) in [5.74, 6) is 0.305. The fourth-order valence-electron chi connectivity index (χ4n) is 3.22. The average molecular weight is 458 g/mol. The van der Waals surface area contributed by atoms with E-state index in [0.717, 1.165) is 23.3 Å². The van der Waals surface area contributed by atoms with Gasteiger partial charge in [-0.3, -0.25) is 0 Å². The predicted molar refractivity (Wildman–Crippen MR) is 116 cm³/mol. The molecule has 2 amide bonds. The van der Waals surface area contributed by atoms with Crippen molar-refractivity contribution in [1.82, 2.24) is 5.16 Å². The Labute approximate surface area is 185 Å². The summed E-state index contributed by atoms with van der Waals surface area (Å²) < 4.78 is 50.8. The maximum absolute atomic E-state index is 12.2. The number of fused-ring (bicyclic) bond motifs is 1. The molecule has 0 bridgehead atoms. The lowest BCUT2D eigenvalue weighted by atomic mass is 10.0.